The summed E-state index contributed by atoms with van der Waals surface area (Å²) in [6.07, 6.45) is 0. The minimum atomic E-state index is -0.211. The lowest BCUT2D eigenvalue weighted by Crippen LogP contribution is -2.13. The number of hydrogen-bond donors (Lipinski definition) is 1. The molecule has 0 amide bonds. The van der Waals surface area contributed by atoms with Crippen LogP contribution in [-0.4, -0.2) is 7.11 Å². The van der Waals surface area contributed by atoms with Gasteiger partial charge < -0.3 is 10.5 Å². The van der Waals surface area contributed by atoms with Gasteiger partial charge in [0.2, 0.25) is 0 Å². The third kappa shape index (κ3) is 2.66. The SMILES string of the molecule is COc1cc(Cl)ccc1C(N)c1cccc(C)c1. The molecule has 2 rings (SSSR count). The van der Waals surface area contributed by atoms with Gasteiger partial charge in [0.15, 0.2) is 0 Å². The molecule has 0 saturated carbocycles. The van der Waals surface area contributed by atoms with E-state index < -0.39 is 0 Å². The van der Waals surface area contributed by atoms with Crippen LogP contribution in [0.3, 0.4) is 0 Å². The first-order valence-electron chi connectivity index (χ1n) is 5.77. The Morgan fingerprint density at radius 3 is 2.61 bits per heavy atom. The zero-order valence-electron chi connectivity index (χ0n) is 10.5. The average Bonchev–Trinajstić information content (AvgIpc) is 2.37. The fourth-order valence-corrected chi connectivity index (χ4v) is 2.15. The van der Waals surface area contributed by atoms with E-state index in [1.165, 1.54) is 5.56 Å². The van der Waals surface area contributed by atoms with Crippen LogP contribution in [0.1, 0.15) is 22.7 Å². The summed E-state index contributed by atoms with van der Waals surface area (Å²) in [6.45, 7) is 2.05. The molecule has 2 aromatic rings. The molecule has 0 fully saturated rings. The number of hydrogen-bond acceptors (Lipinski definition) is 2. The van der Waals surface area contributed by atoms with E-state index in [1.54, 1.807) is 13.2 Å². The zero-order valence-corrected chi connectivity index (χ0v) is 11.2. The first-order valence-corrected chi connectivity index (χ1v) is 6.15. The Bertz CT molecular complexity index is 554. The van der Waals surface area contributed by atoms with E-state index in [1.807, 2.05) is 24.3 Å². The Kier molecular flexibility index (Phi) is 3.90. The van der Waals surface area contributed by atoms with E-state index >= 15 is 0 Å². The molecule has 0 bridgehead atoms. The van der Waals surface area contributed by atoms with Crippen molar-refractivity contribution in [3.8, 4) is 5.75 Å². The second-order valence-corrected chi connectivity index (χ2v) is 4.71. The van der Waals surface area contributed by atoms with Gasteiger partial charge in [0.05, 0.1) is 13.2 Å². The van der Waals surface area contributed by atoms with Gasteiger partial charge in [-0.3, -0.25) is 0 Å². The van der Waals surface area contributed by atoms with Crippen molar-refractivity contribution < 1.29 is 4.74 Å². The van der Waals surface area contributed by atoms with Gasteiger partial charge >= 0.3 is 0 Å². The van der Waals surface area contributed by atoms with Crippen LogP contribution in [0.25, 0.3) is 0 Å². The van der Waals surface area contributed by atoms with Crippen molar-refractivity contribution in [2.45, 2.75) is 13.0 Å². The lowest BCUT2D eigenvalue weighted by molar-refractivity contribution is 0.408. The van der Waals surface area contributed by atoms with E-state index in [-0.39, 0.29) is 6.04 Å². The molecule has 0 aliphatic carbocycles. The normalized spacial score (nSPS) is 12.2. The van der Waals surface area contributed by atoms with Crippen molar-refractivity contribution in [1.29, 1.82) is 0 Å². The van der Waals surface area contributed by atoms with Gasteiger partial charge in [-0.2, -0.15) is 0 Å². The Labute approximate surface area is 112 Å². The number of methoxy groups -OCH3 is 1. The number of ether oxygens (including phenoxy) is 1. The number of rotatable bonds is 3. The fraction of sp³-hybridized carbons (Fsp3) is 0.200. The van der Waals surface area contributed by atoms with Crippen LogP contribution >= 0.6 is 11.6 Å². The molecular weight excluding hydrogens is 246 g/mol. The molecule has 0 radical (unpaired) electrons. The van der Waals surface area contributed by atoms with Crippen molar-refractivity contribution in [1.82, 2.24) is 0 Å². The predicted molar refractivity (Wildman–Crippen MR) is 75.2 cm³/mol. The smallest absolute Gasteiger partial charge is 0.125 e. The quantitative estimate of drug-likeness (QED) is 0.914. The van der Waals surface area contributed by atoms with Crippen molar-refractivity contribution in [2.24, 2.45) is 5.73 Å². The number of nitrogens with two attached hydrogens (primary N) is 1. The number of aryl methyl sites for hydroxylation is 1. The van der Waals surface area contributed by atoms with Gasteiger partial charge in [0.25, 0.3) is 0 Å². The number of halogens is 1. The lowest BCUT2D eigenvalue weighted by Gasteiger charge is -2.16. The molecule has 0 saturated heterocycles. The Morgan fingerprint density at radius 2 is 1.94 bits per heavy atom. The molecule has 1 unspecified atom stereocenters. The van der Waals surface area contributed by atoms with Crippen molar-refractivity contribution >= 4 is 11.6 Å². The molecule has 2 nitrogen and oxygen atoms in total. The van der Waals surface area contributed by atoms with Gasteiger partial charge in [-0.05, 0) is 24.6 Å². The van der Waals surface area contributed by atoms with Crippen LogP contribution in [0.5, 0.6) is 5.75 Å². The predicted octanol–water partition coefficient (Wildman–Crippen LogP) is 3.71. The summed E-state index contributed by atoms with van der Waals surface area (Å²) in [5.41, 5.74) is 9.48. The third-order valence-corrected chi connectivity index (χ3v) is 3.17. The lowest BCUT2D eigenvalue weighted by atomic mass is 9.97. The standard InChI is InChI=1S/C15H16ClNO/c1-10-4-3-5-11(8-10)15(17)13-7-6-12(16)9-14(13)18-2/h3-9,15H,17H2,1-2H3. The molecular formula is C15H16ClNO. The Balaban J connectivity index is 2.42. The Morgan fingerprint density at radius 1 is 1.17 bits per heavy atom. The first-order chi connectivity index (χ1) is 8.61. The fourth-order valence-electron chi connectivity index (χ4n) is 1.99. The highest BCUT2D eigenvalue weighted by molar-refractivity contribution is 6.30. The molecule has 1 atom stereocenters. The molecule has 2 aromatic carbocycles. The maximum absolute atomic E-state index is 6.29. The monoisotopic (exact) mass is 261 g/mol. The average molecular weight is 262 g/mol. The number of benzene rings is 2. The molecule has 18 heavy (non-hydrogen) atoms. The van der Waals surface area contributed by atoms with Gasteiger partial charge in [-0.15, -0.1) is 0 Å². The van der Waals surface area contributed by atoms with Crippen LogP contribution in [-0.2, 0) is 0 Å². The molecule has 0 spiro atoms. The summed E-state index contributed by atoms with van der Waals surface area (Å²) in [7, 11) is 1.62. The van der Waals surface area contributed by atoms with Crippen LogP contribution in [0.4, 0.5) is 0 Å². The highest BCUT2D eigenvalue weighted by Crippen LogP contribution is 2.30. The first kappa shape index (κ1) is 12.9. The molecule has 2 N–H and O–H groups in total. The Hall–Kier alpha value is -1.51. The van der Waals surface area contributed by atoms with E-state index in [0.717, 1.165) is 16.9 Å². The maximum atomic E-state index is 6.29. The highest BCUT2D eigenvalue weighted by atomic mass is 35.5. The summed E-state index contributed by atoms with van der Waals surface area (Å²) in [5, 5.41) is 0.645. The molecule has 0 aromatic heterocycles. The van der Waals surface area contributed by atoms with Crippen molar-refractivity contribution in [2.75, 3.05) is 7.11 Å². The summed E-state index contributed by atoms with van der Waals surface area (Å²) in [6, 6.07) is 13.5. The molecule has 3 heteroatoms. The van der Waals surface area contributed by atoms with Crippen LogP contribution in [0.2, 0.25) is 5.02 Å². The summed E-state index contributed by atoms with van der Waals surface area (Å²) < 4.78 is 5.33. The van der Waals surface area contributed by atoms with E-state index in [0.29, 0.717) is 5.02 Å². The molecule has 94 valence electrons. The van der Waals surface area contributed by atoms with Crippen LogP contribution in [0.15, 0.2) is 42.5 Å². The van der Waals surface area contributed by atoms with Gasteiger partial charge in [-0.1, -0.05) is 47.5 Å². The van der Waals surface area contributed by atoms with Gasteiger partial charge in [0, 0.05) is 10.6 Å². The largest absolute Gasteiger partial charge is 0.496 e. The van der Waals surface area contributed by atoms with E-state index in [2.05, 4.69) is 19.1 Å². The molecule has 0 aliphatic rings. The van der Waals surface area contributed by atoms with Gasteiger partial charge in [0.1, 0.15) is 5.75 Å². The summed E-state index contributed by atoms with van der Waals surface area (Å²) in [5.74, 6) is 0.719. The molecule has 0 aliphatic heterocycles. The second kappa shape index (κ2) is 5.42. The minimum Gasteiger partial charge on any atom is -0.496 e. The highest BCUT2D eigenvalue weighted by Gasteiger charge is 2.14. The van der Waals surface area contributed by atoms with E-state index in [9.17, 15) is 0 Å². The zero-order chi connectivity index (χ0) is 13.1. The second-order valence-electron chi connectivity index (χ2n) is 4.28. The third-order valence-electron chi connectivity index (χ3n) is 2.93. The maximum Gasteiger partial charge on any atom is 0.125 e. The van der Waals surface area contributed by atoms with Crippen LogP contribution < -0.4 is 10.5 Å². The molecule has 0 heterocycles. The van der Waals surface area contributed by atoms with E-state index in [4.69, 9.17) is 22.1 Å². The van der Waals surface area contributed by atoms with Crippen molar-refractivity contribution in [3.63, 3.8) is 0 Å². The summed E-state index contributed by atoms with van der Waals surface area (Å²) >= 11 is 5.95. The topological polar surface area (TPSA) is 35.2 Å². The summed E-state index contributed by atoms with van der Waals surface area (Å²) in [4.78, 5) is 0. The van der Waals surface area contributed by atoms with Gasteiger partial charge in [-0.25, -0.2) is 0 Å². The minimum absolute atomic E-state index is 0.211. The van der Waals surface area contributed by atoms with Crippen LogP contribution in [0, 0.1) is 6.92 Å². The van der Waals surface area contributed by atoms with Crippen molar-refractivity contribution in [3.05, 3.63) is 64.2 Å².